The highest BCUT2D eigenvalue weighted by Gasteiger charge is 2.15. The van der Waals surface area contributed by atoms with Crippen molar-refractivity contribution < 1.29 is 0 Å². The zero-order chi connectivity index (χ0) is 6.69. The first kappa shape index (κ1) is 6.93. The van der Waals surface area contributed by atoms with E-state index in [1.165, 1.54) is 18.6 Å². The second-order valence-corrected chi connectivity index (χ2v) is 3.62. The number of hydrogen-bond donors (Lipinski definition) is 2. The van der Waals surface area contributed by atoms with Gasteiger partial charge in [-0.3, -0.25) is 5.41 Å². The van der Waals surface area contributed by atoms with Gasteiger partial charge in [-0.1, -0.05) is 6.42 Å². The van der Waals surface area contributed by atoms with E-state index in [1.54, 1.807) is 0 Å². The van der Waals surface area contributed by atoms with Gasteiger partial charge in [0.05, 0.1) is 5.25 Å². The van der Waals surface area contributed by atoms with E-state index in [0.29, 0.717) is 11.1 Å². The summed E-state index contributed by atoms with van der Waals surface area (Å²) in [6.45, 7) is 0. The molecule has 0 bridgehead atoms. The molecule has 0 aliphatic carbocycles. The summed E-state index contributed by atoms with van der Waals surface area (Å²) in [5, 5.41) is 7.48. The van der Waals surface area contributed by atoms with Gasteiger partial charge in [0.15, 0.2) is 0 Å². The molecule has 0 saturated carbocycles. The van der Waals surface area contributed by atoms with Crippen LogP contribution >= 0.6 is 11.8 Å². The number of rotatable bonds is 1. The van der Waals surface area contributed by atoms with Crippen LogP contribution in [0.5, 0.6) is 0 Å². The van der Waals surface area contributed by atoms with Gasteiger partial charge in [-0.2, -0.15) is 11.8 Å². The summed E-state index contributed by atoms with van der Waals surface area (Å²) in [5.74, 6) is 1.55. The van der Waals surface area contributed by atoms with Gasteiger partial charge < -0.3 is 5.73 Å². The number of amidine groups is 1. The molecule has 52 valence electrons. The van der Waals surface area contributed by atoms with Crippen LogP contribution < -0.4 is 5.73 Å². The van der Waals surface area contributed by atoms with Gasteiger partial charge in [0.2, 0.25) is 0 Å². The van der Waals surface area contributed by atoms with E-state index in [-0.39, 0.29) is 0 Å². The summed E-state index contributed by atoms with van der Waals surface area (Å²) in [4.78, 5) is 0. The lowest BCUT2D eigenvalue weighted by Gasteiger charge is -2.19. The second-order valence-electron chi connectivity index (χ2n) is 2.31. The molecule has 3 N–H and O–H groups in total. The normalized spacial score (nSPS) is 27.8. The average molecular weight is 144 g/mol. The van der Waals surface area contributed by atoms with Crippen LogP contribution in [0.3, 0.4) is 0 Å². The molecule has 0 aromatic heterocycles. The Morgan fingerprint density at radius 1 is 1.56 bits per heavy atom. The van der Waals surface area contributed by atoms with Crippen LogP contribution in [0.4, 0.5) is 0 Å². The first-order valence-corrected chi connectivity index (χ1v) is 4.31. The maximum absolute atomic E-state index is 7.15. The molecule has 1 aliphatic rings. The van der Waals surface area contributed by atoms with Gasteiger partial charge in [0.25, 0.3) is 0 Å². The summed E-state index contributed by atoms with van der Waals surface area (Å²) in [6.07, 6.45) is 3.66. The molecular formula is C6H12N2S. The highest BCUT2D eigenvalue weighted by atomic mass is 32.2. The maximum atomic E-state index is 7.15. The largest absolute Gasteiger partial charge is 0.387 e. The van der Waals surface area contributed by atoms with Crippen LogP contribution in [-0.4, -0.2) is 16.8 Å². The van der Waals surface area contributed by atoms with Crippen LogP contribution in [0, 0.1) is 5.41 Å². The Balaban J connectivity index is 2.31. The van der Waals surface area contributed by atoms with Crippen molar-refractivity contribution in [2.45, 2.75) is 24.5 Å². The first-order chi connectivity index (χ1) is 4.30. The first-order valence-electron chi connectivity index (χ1n) is 3.26. The van der Waals surface area contributed by atoms with E-state index < -0.39 is 0 Å². The standard InChI is InChI=1S/C6H12N2S/c7-6(8)5-3-1-2-4-9-5/h5H,1-4H2,(H3,7,8). The Bertz CT molecular complexity index is 108. The molecule has 1 saturated heterocycles. The number of nitrogens with one attached hydrogen (secondary N) is 1. The second kappa shape index (κ2) is 3.11. The van der Waals surface area contributed by atoms with Gasteiger partial charge in [0, 0.05) is 0 Å². The Kier molecular flexibility index (Phi) is 2.39. The van der Waals surface area contributed by atoms with Gasteiger partial charge in [-0.15, -0.1) is 0 Å². The topological polar surface area (TPSA) is 49.9 Å². The van der Waals surface area contributed by atoms with E-state index in [1.807, 2.05) is 11.8 Å². The molecule has 0 aromatic carbocycles. The number of hydrogen-bond acceptors (Lipinski definition) is 2. The van der Waals surface area contributed by atoms with Crippen molar-refractivity contribution in [3.8, 4) is 0 Å². The van der Waals surface area contributed by atoms with E-state index in [9.17, 15) is 0 Å². The van der Waals surface area contributed by atoms with Gasteiger partial charge in [-0.25, -0.2) is 0 Å². The van der Waals surface area contributed by atoms with Crippen LogP contribution in [0.15, 0.2) is 0 Å². The third-order valence-electron chi connectivity index (χ3n) is 1.53. The molecule has 1 heterocycles. The molecule has 3 heteroatoms. The highest BCUT2D eigenvalue weighted by molar-refractivity contribution is 8.00. The quantitative estimate of drug-likeness (QED) is 0.429. The van der Waals surface area contributed by atoms with Crippen molar-refractivity contribution >= 4 is 17.6 Å². The lowest BCUT2D eigenvalue weighted by atomic mass is 10.2. The number of nitrogens with two attached hydrogens (primary N) is 1. The van der Waals surface area contributed by atoms with Gasteiger partial charge in [0.1, 0.15) is 5.84 Å². The van der Waals surface area contributed by atoms with Crippen molar-refractivity contribution in [2.75, 3.05) is 5.75 Å². The fraction of sp³-hybridized carbons (Fsp3) is 0.833. The fourth-order valence-electron chi connectivity index (χ4n) is 0.986. The minimum absolute atomic E-state index is 0.332. The Morgan fingerprint density at radius 2 is 2.33 bits per heavy atom. The van der Waals surface area contributed by atoms with E-state index in [2.05, 4.69) is 0 Å². The van der Waals surface area contributed by atoms with Crippen LogP contribution in [-0.2, 0) is 0 Å². The van der Waals surface area contributed by atoms with Gasteiger partial charge in [-0.05, 0) is 18.6 Å². The Labute approximate surface area is 59.7 Å². The minimum atomic E-state index is 0.332. The van der Waals surface area contributed by atoms with Crippen LogP contribution in [0.25, 0.3) is 0 Å². The van der Waals surface area contributed by atoms with Crippen molar-refractivity contribution in [3.63, 3.8) is 0 Å². The third kappa shape index (κ3) is 1.90. The minimum Gasteiger partial charge on any atom is -0.387 e. The maximum Gasteiger partial charge on any atom is 0.104 e. The molecule has 1 unspecified atom stereocenters. The molecule has 0 amide bonds. The molecule has 1 fully saturated rings. The Morgan fingerprint density at radius 3 is 2.67 bits per heavy atom. The zero-order valence-corrected chi connectivity index (χ0v) is 6.21. The summed E-state index contributed by atoms with van der Waals surface area (Å²) in [7, 11) is 0. The van der Waals surface area contributed by atoms with Crippen molar-refractivity contribution in [1.29, 1.82) is 5.41 Å². The van der Waals surface area contributed by atoms with Crippen LogP contribution in [0.1, 0.15) is 19.3 Å². The molecule has 1 aliphatic heterocycles. The number of thioether (sulfide) groups is 1. The summed E-state index contributed by atoms with van der Waals surface area (Å²) in [6, 6.07) is 0. The third-order valence-corrected chi connectivity index (χ3v) is 2.94. The summed E-state index contributed by atoms with van der Waals surface area (Å²) < 4.78 is 0. The van der Waals surface area contributed by atoms with E-state index in [4.69, 9.17) is 11.1 Å². The zero-order valence-electron chi connectivity index (χ0n) is 5.39. The van der Waals surface area contributed by atoms with E-state index >= 15 is 0 Å². The fourth-order valence-corrected chi connectivity index (χ4v) is 2.15. The van der Waals surface area contributed by atoms with Gasteiger partial charge >= 0.3 is 0 Å². The molecule has 0 spiro atoms. The monoisotopic (exact) mass is 144 g/mol. The Hall–Kier alpha value is -0.180. The molecule has 1 rings (SSSR count). The predicted molar refractivity (Wildman–Crippen MR) is 42.0 cm³/mol. The molecule has 2 nitrogen and oxygen atoms in total. The van der Waals surface area contributed by atoms with E-state index in [0.717, 1.165) is 6.42 Å². The lowest BCUT2D eigenvalue weighted by molar-refractivity contribution is 0.729. The predicted octanol–water partition coefficient (Wildman–Crippen LogP) is 1.21. The highest BCUT2D eigenvalue weighted by Crippen LogP contribution is 2.24. The van der Waals surface area contributed by atoms with Crippen molar-refractivity contribution in [3.05, 3.63) is 0 Å². The molecule has 9 heavy (non-hydrogen) atoms. The lowest BCUT2D eigenvalue weighted by Crippen LogP contribution is -2.27. The SMILES string of the molecule is N=C(N)C1CCCCS1. The van der Waals surface area contributed by atoms with Crippen molar-refractivity contribution in [2.24, 2.45) is 5.73 Å². The summed E-state index contributed by atoms with van der Waals surface area (Å²) >= 11 is 1.82. The smallest absolute Gasteiger partial charge is 0.104 e. The molecule has 1 atom stereocenters. The summed E-state index contributed by atoms with van der Waals surface area (Å²) in [5.41, 5.74) is 5.33. The van der Waals surface area contributed by atoms with Crippen molar-refractivity contribution in [1.82, 2.24) is 0 Å². The molecule has 0 aromatic rings. The molecular weight excluding hydrogens is 132 g/mol. The molecule has 0 radical (unpaired) electrons. The van der Waals surface area contributed by atoms with Crippen LogP contribution in [0.2, 0.25) is 0 Å². The average Bonchev–Trinajstić information content (AvgIpc) is 1.90.